The molecule has 1 aliphatic heterocycles. The van der Waals surface area contributed by atoms with Crippen LogP contribution in [-0.4, -0.2) is 55.7 Å². The Hall–Kier alpha value is -3.68. The first-order chi connectivity index (χ1) is 16.7. The minimum absolute atomic E-state index is 0.0501. The number of amides is 1. The summed E-state index contributed by atoms with van der Waals surface area (Å²) in [6.07, 6.45) is -7.25. The summed E-state index contributed by atoms with van der Waals surface area (Å²) in [6.45, 7) is 0.373. The molecule has 2 N–H and O–H groups in total. The third-order valence-electron chi connectivity index (χ3n) is 5.30. The molecule has 0 radical (unpaired) electrons. The van der Waals surface area contributed by atoms with Gasteiger partial charge in [-0.1, -0.05) is 12.1 Å². The maximum Gasteiger partial charge on any atom is 0.490 e. The van der Waals surface area contributed by atoms with Crippen LogP contribution in [0.1, 0.15) is 33.6 Å². The van der Waals surface area contributed by atoms with Gasteiger partial charge < -0.3 is 9.67 Å². The molecule has 1 aromatic carbocycles. The molecule has 0 bridgehead atoms. The van der Waals surface area contributed by atoms with E-state index >= 15 is 0 Å². The summed E-state index contributed by atoms with van der Waals surface area (Å²) < 4.78 is 85.2. The van der Waals surface area contributed by atoms with E-state index in [1.54, 1.807) is 22.9 Å². The monoisotopic (exact) mass is 521 g/mol. The number of hydrogen-bond acceptors (Lipinski definition) is 4. The molecular weight excluding hydrogens is 503 g/mol. The molecule has 0 spiro atoms. The molecule has 4 rings (SSSR count). The van der Waals surface area contributed by atoms with Crippen molar-refractivity contribution in [1.82, 2.24) is 14.6 Å². The molecule has 1 amide bonds. The van der Waals surface area contributed by atoms with Crippen LogP contribution in [0.15, 0.2) is 36.7 Å². The summed E-state index contributed by atoms with van der Waals surface area (Å²) in [7, 11) is 0. The summed E-state index contributed by atoms with van der Waals surface area (Å²) in [4.78, 5) is 25.3. The van der Waals surface area contributed by atoms with Crippen molar-refractivity contribution in [3.05, 3.63) is 64.9 Å². The van der Waals surface area contributed by atoms with E-state index in [0.29, 0.717) is 40.1 Å². The molecule has 2 aromatic heterocycles. The average Bonchev–Trinajstić information content (AvgIpc) is 3.13. The van der Waals surface area contributed by atoms with Crippen LogP contribution < -0.4 is 0 Å². The van der Waals surface area contributed by atoms with Gasteiger partial charge in [-0.25, -0.2) is 19.2 Å². The van der Waals surface area contributed by atoms with E-state index in [1.165, 1.54) is 18.3 Å². The molecular formula is C22H18F7N3O4. The van der Waals surface area contributed by atoms with Gasteiger partial charge in [0, 0.05) is 24.5 Å². The number of alkyl halides is 6. The molecule has 1 aliphatic rings. The quantitative estimate of drug-likeness (QED) is 0.382. The zero-order chi connectivity index (χ0) is 26.8. The number of carbonyl (C=O) groups is 2. The lowest BCUT2D eigenvalue weighted by atomic mass is 9.97. The van der Waals surface area contributed by atoms with E-state index < -0.39 is 30.6 Å². The van der Waals surface area contributed by atoms with Crippen LogP contribution in [0.2, 0.25) is 0 Å². The van der Waals surface area contributed by atoms with Crippen molar-refractivity contribution >= 4 is 22.8 Å². The van der Waals surface area contributed by atoms with Crippen LogP contribution in [0.25, 0.3) is 10.9 Å². The number of carboxylic acid groups (broad SMARTS) is 1. The van der Waals surface area contributed by atoms with E-state index in [1.807, 2.05) is 0 Å². The Kier molecular flexibility index (Phi) is 7.57. The maximum absolute atomic E-state index is 13.2. The smallest absolute Gasteiger partial charge is 0.475 e. The highest BCUT2D eigenvalue weighted by atomic mass is 19.4. The molecule has 0 atom stereocenters. The second kappa shape index (κ2) is 10.1. The van der Waals surface area contributed by atoms with Crippen molar-refractivity contribution in [3.8, 4) is 0 Å². The second-order valence-corrected chi connectivity index (χ2v) is 7.85. The first kappa shape index (κ1) is 26.9. The Labute approximate surface area is 198 Å². The fraction of sp³-hybridized carbons (Fsp3) is 0.318. The topological polar surface area (TPSA) is 95.7 Å². The van der Waals surface area contributed by atoms with Gasteiger partial charge in [-0.3, -0.25) is 10.0 Å². The number of aromatic nitrogens is 2. The number of hydroxylamine groups is 2. The highest BCUT2D eigenvalue weighted by Crippen LogP contribution is 2.33. The van der Waals surface area contributed by atoms with E-state index in [0.717, 1.165) is 5.56 Å². The van der Waals surface area contributed by atoms with Crippen LogP contribution in [0.3, 0.4) is 0 Å². The molecule has 194 valence electrons. The van der Waals surface area contributed by atoms with Crippen molar-refractivity contribution < 1.29 is 50.6 Å². The lowest BCUT2D eigenvalue weighted by Gasteiger charge is -2.23. The van der Waals surface area contributed by atoms with Crippen molar-refractivity contribution in [2.45, 2.75) is 38.2 Å². The van der Waals surface area contributed by atoms with Crippen LogP contribution in [0, 0.1) is 5.82 Å². The van der Waals surface area contributed by atoms with Crippen molar-refractivity contribution in [2.24, 2.45) is 0 Å². The molecule has 0 aliphatic carbocycles. The van der Waals surface area contributed by atoms with Gasteiger partial charge in [0.05, 0.1) is 18.3 Å². The van der Waals surface area contributed by atoms with Gasteiger partial charge in [-0.2, -0.15) is 26.3 Å². The van der Waals surface area contributed by atoms with Gasteiger partial charge in [0.2, 0.25) is 0 Å². The molecule has 0 unspecified atom stereocenters. The Bertz CT molecular complexity index is 1270. The number of halogens is 7. The molecule has 14 heteroatoms. The molecule has 0 saturated carbocycles. The molecule has 7 nitrogen and oxygen atoms in total. The third kappa shape index (κ3) is 6.30. The number of carboxylic acids is 1. The van der Waals surface area contributed by atoms with Gasteiger partial charge in [0.15, 0.2) is 0 Å². The number of benzene rings is 1. The lowest BCUT2D eigenvalue weighted by Crippen LogP contribution is -2.35. The largest absolute Gasteiger partial charge is 0.490 e. The van der Waals surface area contributed by atoms with Crippen LogP contribution in [0.5, 0.6) is 0 Å². The standard InChI is InChI=1S/C20H17F4N3O2.C2HF3O2/c21-14-3-1-12(2-4-14)10-26-11-13(5-7-20(22,23)24)17-15-6-8-27(29)19(28)18(15)25-9-16(17)26;3-2(4,5)1(6)7/h1-4,9,11,29H,5-8,10H2;(H,6,7). The van der Waals surface area contributed by atoms with E-state index in [-0.39, 0.29) is 24.5 Å². The third-order valence-corrected chi connectivity index (χ3v) is 5.30. The average molecular weight is 521 g/mol. The highest BCUT2D eigenvalue weighted by molar-refractivity contribution is 6.00. The summed E-state index contributed by atoms with van der Waals surface area (Å²) in [5.41, 5.74) is 2.45. The van der Waals surface area contributed by atoms with E-state index in [2.05, 4.69) is 4.98 Å². The van der Waals surface area contributed by atoms with Gasteiger partial charge in [-0.15, -0.1) is 0 Å². The van der Waals surface area contributed by atoms with Crippen molar-refractivity contribution in [2.75, 3.05) is 6.54 Å². The van der Waals surface area contributed by atoms with Gasteiger partial charge >= 0.3 is 18.3 Å². The van der Waals surface area contributed by atoms with E-state index in [9.17, 15) is 40.7 Å². The number of aliphatic carboxylic acids is 1. The fourth-order valence-electron chi connectivity index (χ4n) is 3.69. The normalized spacial score (nSPS) is 13.9. The summed E-state index contributed by atoms with van der Waals surface area (Å²) in [5.74, 6) is -3.80. The SMILES string of the molecule is O=C(O)C(F)(F)F.O=C1c2ncc3c(c(CCC(F)(F)F)cn3Cc3ccc(F)cc3)c2CCN1O. The van der Waals surface area contributed by atoms with Gasteiger partial charge in [0.1, 0.15) is 11.5 Å². The van der Waals surface area contributed by atoms with Crippen LogP contribution >= 0.6 is 0 Å². The molecule has 3 heterocycles. The maximum atomic E-state index is 13.2. The van der Waals surface area contributed by atoms with Crippen LogP contribution in [0.4, 0.5) is 30.7 Å². The van der Waals surface area contributed by atoms with Crippen LogP contribution in [-0.2, 0) is 24.2 Å². The Morgan fingerprint density at radius 2 is 1.69 bits per heavy atom. The number of fused-ring (bicyclic) bond motifs is 3. The number of hydrogen-bond donors (Lipinski definition) is 2. The van der Waals surface area contributed by atoms with Gasteiger partial charge in [-0.05, 0) is 41.7 Å². The molecule has 0 fully saturated rings. The van der Waals surface area contributed by atoms with E-state index in [4.69, 9.17) is 9.90 Å². The number of aryl methyl sites for hydroxylation is 1. The number of nitrogens with zero attached hydrogens (tertiary/aromatic N) is 3. The van der Waals surface area contributed by atoms with Gasteiger partial charge in [0.25, 0.3) is 5.91 Å². The zero-order valence-electron chi connectivity index (χ0n) is 18.2. The summed E-state index contributed by atoms with van der Waals surface area (Å²) in [5, 5.41) is 17.9. The van der Waals surface area contributed by atoms with Crippen molar-refractivity contribution in [1.29, 1.82) is 0 Å². The second-order valence-electron chi connectivity index (χ2n) is 7.85. The predicted octanol–water partition coefficient (Wildman–Crippen LogP) is 4.74. The first-order valence-corrected chi connectivity index (χ1v) is 10.3. The summed E-state index contributed by atoms with van der Waals surface area (Å²) >= 11 is 0. The molecule has 0 saturated heterocycles. The number of pyridine rings is 1. The fourth-order valence-corrected chi connectivity index (χ4v) is 3.69. The predicted molar refractivity (Wildman–Crippen MR) is 110 cm³/mol. The number of rotatable bonds is 4. The van der Waals surface area contributed by atoms with Crippen molar-refractivity contribution in [3.63, 3.8) is 0 Å². The molecule has 3 aromatic rings. The summed E-state index contributed by atoms with van der Waals surface area (Å²) in [6, 6.07) is 5.85. The first-order valence-electron chi connectivity index (χ1n) is 10.3. The lowest BCUT2D eigenvalue weighted by molar-refractivity contribution is -0.192. The highest BCUT2D eigenvalue weighted by Gasteiger charge is 2.38. The Morgan fingerprint density at radius 1 is 1.08 bits per heavy atom. The minimum atomic E-state index is -5.08. The Morgan fingerprint density at radius 3 is 2.25 bits per heavy atom. The minimum Gasteiger partial charge on any atom is -0.475 e. The Balaban J connectivity index is 0.000000454. The number of carbonyl (C=O) groups excluding carboxylic acids is 1. The molecule has 36 heavy (non-hydrogen) atoms. The zero-order valence-corrected chi connectivity index (χ0v) is 18.2.